The number of nitrogens with two attached hydrogens (primary N) is 1. The Labute approximate surface area is 104 Å². The summed E-state index contributed by atoms with van der Waals surface area (Å²) in [5, 5.41) is 7.23. The normalized spacial score (nSPS) is 11.7. The molecule has 0 unspecified atom stereocenters. The number of hydrogen-bond donors (Lipinski definition) is 2. The molecule has 96 valence electrons. The van der Waals surface area contributed by atoms with Crippen molar-refractivity contribution in [2.24, 2.45) is 11.1 Å². The summed E-state index contributed by atoms with van der Waals surface area (Å²) in [6.45, 7) is 5.86. The van der Waals surface area contributed by atoms with Gasteiger partial charge in [0.15, 0.2) is 0 Å². The van der Waals surface area contributed by atoms with Crippen LogP contribution in [0.2, 0.25) is 0 Å². The Balaban J connectivity index is 2.27. The predicted molar refractivity (Wildman–Crippen MR) is 67.0 cm³/mol. The van der Waals surface area contributed by atoms with Crippen LogP contribution in [0.25, 0.3) is 5.78 Å². The van der Waals surface area contributed by atoms with Crippen molar-refractivity contribution >= 4 is 17.5 Å². The Morgan fingerprint density at radius 3 is 2.94 bits per heavy atom. The molecular formula is C11H16N6O. The third-order valence-electron chi connectivity index (χ3n) is 2.76. The lowest BCUT2D eigenvalue weighted by atomic mass is 9.93. The van der Waals surface area contributed by atoms with E-state index in [-0.39, 0.29) is 5.91 Å². The smallest absolute Gasteiger partial charge is 0.254 e. The second-order valence-corrected chi connectivity index (χ2v) is 4.86. The highest BCUT2D eigenvalue weighted by Crippen LogP contribution is 2.16. The predicted octanol–water partition coefficient (Wildman–Crippen LogP) is 0.356. The largest absolute Gasteiger partial charge is 0.369 e. The van der Waals surface area contributed by atoms with Gasteiger partial charge in [0.2, 0.25) is 5.91 Å². The fourth-order valence-corrected chi connectivity index (χ4v) is 1.46. The number of amides is 1. The Bertz CT molecular complexity index is 588. The molecular weight excluding hydrogens is 232 g/mol. The summed E-state index contributed by atoms with van der Waals surface area (Å²) in [5.41, 5.74) is 5.52. The van der Waals surface area contributed by atoms with Crippen LogP contribution in [0.15, 0.2) is 12.4 Å². The van der Waals surface area contributed by atoms with E-state index >= 15 is 0 Å². The fraction of sp³-hybridized carbons (Fsp3) is 0.455. The molecule has 0 aliphatic heterocycles. The van der Waals surface area contributed by atoms with Gasteiger partial charge in [-0.1, -0.05) is 0 Å². The second-order valence-electron chi connectivity index (χ2n) is 4.86. The van der Waals surface area contributed by atoms with E-state index in [2.05, 4.69) is 20.4 Å². The number of nitrogens with zero attached hydrogens (tertiary/aromatic N) is 4. The van der Waals surface area contributed by atoms with Crippen LogP contribution in [0.4, 0.5) is 5.82 Å². The quantitative estimate of drug-likeness (QED) is 0.813. The van der Waals surface area contributed by atoms with Crippen LogP contribution in [0, 0.1) is 12.3 Å². The van der Waals surface area contributed by atoms with Crippen LogP contribution in [0.1, 0.15) is 19.5 Å². The van der Waals surface area contributed by atoms with Gasteiger partial charge >= 0.3 is 0 Å². The molecule has 0 saturated heterocycles. The summed E-state index contributed by atoms with van der Waals surface area (Å²) >= 11 is 0. The van der Waals surface area contributed by atoms with E-state index in [1.165, 1.54) is 6.33 Å². The number of hydrogen-bond acceptors (Lipinski definition) is 5. The molecule has 0 radical (unpaired) electrons. The van der Waals surface area contributed by atoms with Crippen molar-refractivity contribution in [2.45, 2.75) is 20.8 Å². The van der Waals surface area contributed by atoms with Crippen molar-refractivity contribution in [3.05, 3.63) is 18.1 Å². The fourth-order valence-electron chi connectivity index (χ4n) is 1.46. The molecule has 7 nitrogen and oxygen atoms in total. The van der Waals surface area contributed by atoms with Gasteiger partial charge in [0.25, 0.3) is 5.78 Å². The first-order chi connectivity index (χ1) is 8.40. The van der Waals surface area contributed by atoms with Crippen molar-refractivity contribution in [1.29, 1.82) is 0 Å². The molecule has 7 heteroatoms. The monoisotopic (exact) mass is 248 g/mol. The maximum Gasteiger partial charge on any atom is 0.254 e. The maximum absolute atomic E-state index is 11.3. The minimum Gasteiger partial charge on any atom is -0.369 e. The third kappa shape index (κ3) is 2.24. The Morgan fingerprint density at radius 1 is 1.56 bits per heavy atom. The zero-order chi connectivity index (χ0) is 13.3. The summed E-state index contributed by atoms with van der Waals surface area (Å²) in [6, 6.07) is 1.85. The molecule has 0 aliphatic rings. The highest BCUT2D eigenvalue weighted by molar-refractivity contribution is 5.80. The number of anilines is 1. The van der Waals surface area contributed by atoms with Crippen LogP contribution in [-0.2, 0) is 4.79 Å². The van der Waals surface area contributed by atoms with E-state index in [1.807, 2.05) is 13.0 Å². The molecule has 0 spiro atoms. The van der Waals surface area contributed by atoms with Gasteiger partial charge in [0.1, 0.15) is 12.1 Å². The average molecular weight is 248 g/mol. The van der Waals surface area contributed by atoms with Crippen LogP contribution in [0.3, 0.4) is 0 Å². The van der Waals surface area contributed by atoms with Crippen LogP contribution in [0.5, 0.6) is 0 Å². The van der Waals surface area contributed by atoms with Crippen molar-refractivity contribution in [2.75, 3.05) is 11.9 Å². The van der Waals surface area contributed by atoms with Gasteiger partial charge < -0.3 is 11.1 Å². The van der Waals surface area contributed by atoms with Gasteiger partial charge in [-0.3, -0.25) is 4.79 Å². The number of nitrogens with one attached hydrogen (secondary N) is 1. The van der Waals surface area contributed by atoms with Crippen LogP contribution < -0.4 is 11.1 Å². The average Bonchev–Trinajstić information content (AvgIpc) is 2.73. The first-order valence-corrected chi connectivity index (χ1v) is 5.61. The number of fused-ring (bicyclic) bond motifs is 1. The zero-order valence-corrected chi connectivity index (χ0v) is 10.6. The van der Waals surface area contributed by atoms with Gasteiger partial charge in [-0.25, -0.2) is 4.98 Å². The molecule has 1 amide bonds. The molecule has 0 saturated carbocycles. The van der Waals surface area contributed by atoms with E-state index < -0.39 is 5.41 Å². The summed E-state index contributed by atoms with van der Waals surface area (Å²) < 4.78 is 1.59. The van der Waals surface area contributed by atoms with Gasteiger partial charge in [-0.05, 0) is 20.8 Å². The SMILES string of the molecule is Cc1cc(NCC(C)(C)C(N)=O)n2ncnc2n1. The maximum atomic E-state index is 11.3. The molecule has 0 fully saturated rings. The molecule has 0 aromatic carbocycles. The van der Waals surface area contributed by atoms with Crippen LogP contribution >= 0.6 is 0 Å². The van der Waals surface area contributed by atoms with E-state index in [9.17, 15) is 4.79 Å². The Hall–Kier alpha value is -2.18. The number of primary amides is 1. The van der Waals surface area contributed by atoms with Gasteiger partial charge in [0.05, 0.1) is 5.41 Å². The first-order valence-electron chi connectivity index (χ1n) is 5.61. The molecule has 3 N–H and O–H groups in total. The molecule has 0 bridgehead atoms. The van der Waals surface area contributed by atoms with E-state index in [4.69, 9.17) is 5.73 Å². The van der Waals surface area contributed by atoms with Crippen LogP contribution in [-0.4, -0.2) is 32.0 Å². The number of carbonyl (C=O) groups is 1. The summed E-state index contributed by atoms with van der Waals surface area (Å²) in [4.78, 5) is 19.5. The van der Waals surface area contributed by atoms with Crippen molar-refractivity contribution in [3.63, 3.8) is 0 Å². The highest BCUT2D eigenvalue weighted by Gasteiger charge is 2.24. The molecule has 2 aromatic rings. The van der Waals surface area contributed by atoms with E-state index in [0.29, 0.717) is 12.3 Å². The molecule has 2 rings (SSSR count). The minimum atomic E-state index is -0.635. The van der Waals surface area contributed by atoms with Gasteiger partial charge in [-0.2, -0.15) is 14.6 Å². The second kappa shape index (κ2) is 4.25. The topological polar surface area (TPSA) is 98.2 Å². The zero-order valence-electron chi connectivity index (χ0n) is 10.6. The number of aryl methyl sites for hydroxylation is 1. The molecule has 18 heavy (non-hydrogen) atoms. The molecule has 0 aliphatic carbocycles. The highest BCUT2D eigenvalue weighted by atomic mass is 16.1. The van der Waals surface area contributed by atoms with Crippen molar-refractivity contribution in [1.82, 2.24) is 19.6 Å². The lowest BCUT2D eigenvalue weighted by Crippen LogP contribution is -2.37. The number of aromatic nitrogens is 4. The summed E-state index contributed by atoms with van der Waals surface area (Å²) in [7, 11) is 0. The first kappa shape index (κ1) is 12.3. The standard InChI is InChI=1S/C11H16N6O/c1-7-4-8(13-5-11(2,3)9(12)18)17-10(16-7)14-6-15-17/h4,6,13H,5H2,1-3H3,(H2,12,18). The van der Waals surface area contributed by atoms with Crippen molar-refractivity contribution < 1.29 is 4.79 Å². The molecule has 2 heterocycles. The Morgan fingerprint density at radius 2 is 2.28 bits per heavy atom. The van der Waals surface area contributed by atoms with E-state index in [0.717, 1.165) is 11.5 Å². The minimum absolute atomic E-state index is 0.351. The molecule has 2 aromatic heterocycles. The summed E-state index contributed by atoms with van der Waals surface area (Å²) in [5.74, 6) is 0.911. The van der Waals surface area contributed by atoms with Crippen molar-refractivity contribution in [3.8, 4) is 0 Å². The van der Waals surface area contributed by atoms with Gasteiger partial charge in [0, 0.05) is 18.3 Å². The van der Waals surface area contributed by atoms with Gasteiger partial charge in [-0.15, -0.1) is 0 Å². The number of carbonyl (C=O) groups excluding carboxylic acids is 1. The molecule has 0 atom stereocenters. The number of rotatable bonds is 4. The summed E-state index contributed by atoms with van der Waals surface area (Å²) in [6.07, 6.45) is 1.44. The Kier molecular flexibility index (Phi) is 2.90. The lowest BCUT2D eigenvalue weighted by molar-refractivity contribution is -0.125. The van der Waals surface area contributed by atoms with E-state index in [1.54, 1.807) is 18.4 Å². The lowest BCUT2D eigenvalue weighted by Gasteiger charge is -2.21. The third-order valence-corrected chi connectivity index (χ3v) is 2.76.